The molecule has 2 heterocycles. The predicted octanol–water partition coefficient (Wildman–Crippen LogP) is -2.24. The number of nitrogens with two attached hydrogens (primary N) is 2. The van der Waals surface area contributed by atoms with Crippen LogP contribution in [0.3, 0.4) is 0 Å². The number of hydrogen-bond acceptors (Lipinski definition) is 9. The number of likely N-dealkylation sites (tertiary alicyclic amines) is 1. The number of nitrogens with zero attached hydrogens (tertiary/aromatic N) is 2. The molecular formula is C13H16N6O6. The second-order valence-electron chi connectivity index (χ2n) is 4.65. The molecule has 1 fully saturated rings. The number of imide groups is 1. The second-order valence-corrected chi connectivity index (χ2v) is 4.65. The van der Waals surface area contributed by atoms with E-state index in [0.717, 1.165) is 4.90 Å². The van der Waals surface area contributed by atoms with E-state index in [-0.39, 0.29) is 18.4 Å². The zero-order valence-electron chi connectivity index (χ0n) is 12.9. The fraction of sp³-hybridized carbons (Fsp3) is 0.231. The van der Waals surface area contributed by atoms with Crippen LogP contribution in [-0.2, 0) is 19.2 Å². The van der Waals surface area contributed by atoms with Gasteiger partial charge in [0.1, 0.15) is 5.82 Å². The Hall–Kier alpha value is -3.38. The van der Waals surface area contributed by atoms with Crippen molar-refractivity contribution in [3.8, 4) is 0 Å². The lowest BCUT2D eigenvalue weighted by atomic mass is 10.3. The van der Waals surface area contributed by atoms with Gasteiger partial charge in [0.2, 0.25) is 17.6 Å². The molecule has 1 aromatic heterocycles. The molecule has 1 saturated heterocycles. The number of hydrazine groups is 2. The molecule has 1 aliphatic rings. The summed E-state index contributed by atoms with van der Waals surface area (Å²) < 4.78 is 0. The fourth-order valence-electron chi connectivity index (χ4n) is 1.70. The number of nitrogen functional groups attached to an aromatic ring is 1. The minimum absolute atomic E-state index is 0.0936. The Labute approximate surface area is 141 Å². The third-order valence-electron chi connectivity index (χ3n) is 3.00. The normalized spacial score (nSPS) is 13.0. The number of carbonyl (C=O) groups is 5. The number of carboxylic acids is 1. The topological polar surface area (TPSA) is 198 Å². The molecule has 1 aliphatic heterocycles. The summed E-state index contributed by atoms with van der Waals surface area (Å²) in [6.45, 7) is -0.527. The third-order valence-corrected chi connectivity index (χ3v) is 3.00. The first kappa shape index (κ1) is 19.7. The standard InChI is InChI=1S/C7H9N3O4.C6H7N3O2/c8-9-7(14)4(11)3-10-5(12)1-2-6(10)13;7-9-5-2-1-4(3-8-5)6(10)11/h1-3,8H2,(H,9,14);1-3H,7H2,(H,8,9)(H,10,11). The van der Waals surface area contributed by atoms with Crippen molar-refractivity contribution in [2.45, 2.75) is 12.8 Å². The van der Waals surface area contributed by atoms with Gasteiger partial charge in [-0.2, -0.15) is 0 Å². The third kappa shape index (κ3) is 5.63. The van der Waals surface area contributed by atoms with Gasteiger partial charge in [0, 0.05) is 19.0 Å². The molecule has 0 bridgehead atoms. The van der Waals surface area contributed by atoms with Gasteiger partial charge >= 0.3 is 11.9 Å². The van der Waals surface area contributed by atoms with Crippen LogP contribution in [0.25, 0.3) is 0 Å². The molecule has 12 nitrogen and oxygen atoms in total. The molecule has 0 atom stereocenters. The van der Waals surface area contributed by atoms with Gasteiger partial charge in [-0.3, -0.25) is 29.5 Å². The van der Waals surface area contributed by atoms with Crippen LogP contribution in [0.5, 0.6) is 0 Å². The highest BCUT2D eigenvalue weighted by Crippen LogP contribution is 2.10. The van der Waals surface area contributed by atoms with Crippen LogP contribution in [0.15, 0.2) is 18.3 Å². The zero-order chi connectivity index (χ0) is 19.0. The first-order valence-corrected chi connectivity index (χ1v) is 6.83. The number of ketones is 1. The number of hydrogen-bond donors (Lipinski definition) is 5. The van der Waals surface area contributed by atoms with Crippen molar-refractivity contribution in [1.29, 1.82) is 0 Å². The summed E-state index contributed by atoms with van der Waals surface area (Å²) in [5.41, 5.74) is 4.06. The van der Waals surface area contributed by atoms with Crippen molar-refractivity contribution < 1.29 is 29.1 Å². The first-order valence-electron chi connectivity index (χ1n) is 6.83. The Morgan fingerprint density at radius 2 is 1.76 bits per heavy atom. The van der Waals surface area contributed by atoms with Crippen molar-refractivity contribution in [3.63, 3.8) is 0 Å². The van der Waals surface area contributed by atoms with E-state index < -0.39 is 36.0 Å². The molecule has 0 aliphatic carbocycles. The molecule has 1 aromatic rings. The highest BCUT2D eigenvalue weighted by molar-refractivity contribution is 6.37. The second kappa shape index (κ2) is 9.05. The zero-order valence-corrected chi connectivity index (χ0v) is 12.9. The summed E-state index contributed by atoms with van der Waals surface area (Å²) in [6.07, 6.45) is 1.42. The van der Waals surface area contributed by atoms with E-state index in [1.54, 1.807) is 5.43 Å². The van der Waals surface area contributed by atoms with Crippen LogP contribution in [-0.4, -0.2) is 51.0 Å². The maximum absolute atomic E-state index is 11.0. The van der Waals surface area contributed by atoms with Crippen molar-refractivity contribution in [3.05, 3.63) is 23.9 Å². The largest absolute Gasteiger partial charge is 0.478 e. The van der Waals surface area contributed by atoms with Gasteiger partial charge in [0.15, 0.2) is 0 Å². The van der Waals surface area contributed by atoms with Gasteiger partial charge in [-0.05, 0) is 12.1 Å². The molecule has 0 aromatic carbocycles. The quantitative estimate of drug-likeness (QED) is 0.127. The monoisotopic (exact) mass is 352 g/mol. The van der Waals surface area contributed by atoms with E-state index in [9.17, 15) is 24.0 Å². The van der Waals surface area contributed by atoms with E-state index in [1.165, 1.54) is 18.3 Å². The highest BCUT2D eigenvalue weighted by atomic mass is 16.4. The van der Waals surface area contributed by atoms with E-state index in [4.69, 9.17) is 16.8 Å². The Morgan fingerprint density at radius 3 is 2.16 bits per heavy atom. The molecule has 134 valence electrons. The molecule has 0 unspecified atom stereocenters. The molecule has 7 N–H and O–H groups in total. The minimum atomic E-state index is -1.02. The average Bonchev–Trinajstić information content (AvgIpc) is 2.93. The predicted molar refractivity (Wildman–Crippen MR) is 82.3 cm³/mol. The number of pyridine rings is 1. The van der Waals surface area contributed by atoms with Crippen molar-refractivity contribution in [1.82, 2.24) is 15.3 Å². The van der Waals surface area contributed by atoms with Crippen LogP contribution in [0.1, 0.15) is 23.2 Å². The number of carboxylic acid groups (broad SMARTS) is 1. The van der Waals surface area contributed by atoms with Crippen LogP contribution in [0, 0.1) is 0 Å². The molecule has 3 amide bonds. The number of carbonyl (C=O) groups excluding carboxylic acids is 4. The van der Waals surface area contributed by atoms with Gasteiger partial charge in [0.25, 0.3) is 0 Å². The van der Waals surface area contributed by atoms with Crippen molar-refractivity contribution >= 4 is 35.3 Å². The number of Topliss-reactive ketones (excluding diaryl/α,β-unsaturated/α-hetero) is 1. The highest BCUT2D eigenvalue weighted by Gasteiger charge is 2.31. The minimum Gasteiger partial charge on any atom is -0.478 e. The van der Waals surface area contributed by atoms with E-state index >= 15 is 0 Å². The number of nitrogens with one attached hydrogen (secondary N) is 2. The smallest absolute Gasteiger partial charge is 0.337 e. The summed E-state index contributed by atoms with van der Waals surface area (Å²) in [6, 6.07) is 2.91. The molecule has 0 spiro atoms. The van der Waals surface area contributed by atoms with Gasteiger partial charge in [0.05, 0.1) is 12.1 Å². The number of aromatic carboxylic acids is 1. The van der Waals surface area contributed by atoms with Gasteiger partial charge in [-0.15, -0.1) is 0 Å². The lowest BCUT2D eigenvalue weighted by Gasteiger charge is -2.11. The van der Waals surface area contributed by atoms with Gasteiger partial charge in [-0.1, -0.05) is 0 Å². The van der Waals surface area contributed by atoms with E-state index in [2.05, 4.69) is 10.4 Å². The Morgan fingerprint density at radius 1 is 1.16 bits per heavy atom. The Bertz CT molecular complexity index is 673. The van der Waals surface area contributed by atoms with Crippen LogP contribution in [0.2, 0.25) is 0 Å². The van der Waals surface area contributed by atoms with E-state index in [1.807, 2.05) is 0 Å². The summed E-state index contributed by atoms with van der Waals surface area (Å²) in [5, 5.41) is 8.46. The number of rotatable bonds is 5. The molecular weight excluding hydrogens is 336 g/mol. The number of anilines is 1. The van der Waals surface area contributed by atoms with Crippen LogP contribution >= 0.6 is 0 Å². The van der Waals surface area contributed by atoms with Crippen molar-refractivity contribution in [2.24, 2.45) is 11.7 Å². The summed E-state index contributed by atoms with van der Waals surface area (Å²) in [5.74, 6) is 6.37. The summed E-state index contributed by atoms with van der Waals surface area (Å²) >= 11 is 0. The SMILES string of the molecule is NNC(=O)C(=O)CN1C(=O)CCC1=O.NNc1ccc(C(=O)O)cn1. The summed E-state index contributed by atoms with van der Waals surface area (Å²) in [7, 11) is 0. The molecule has 25 heavy (non-hydrogen) atoms. The van der Waals surface area contributed by atoms with Gasteiger partial charge < -0.3 is 10.5 Å². The van der Waals surface area contributed by atoms with Gasteiger partial charge in [-0.25, -0.2) is 21.5 Å². The lowest BCUT2D eigenvalue weighted by Crippen LogP contribution is -2.43. The maximum atomic E-state index is 11.0. The first-order chi connectivity index (χ1) is 11.8. The number of aromatic nitrogens is 1. The molecule has 0 saturated carbocycles. The van der Waals surface area contributed by atoms with E-state index in [0.29, 0.717) is 5.82 Å². The Kier molecular flexibility index (Phi) is 7.12. The molecule has 12 heteroatoms. The Balaban J connectivity index is 0.000000257. The number of amides is 3. The van der Waals surface area contributed by atoms with Crippen molar-refractivity contribution in [2.75, 3.05) is 12.0 Å². The van der Waals surface area contributed by atoms with Crippen LogP contribution < -0.4 is 22.5 Å². The molecule has 0 radical (unpaired) electrons. The summed E-state index contributed by atoms with van der Waals surface area (Å²) in [4.78, 5) is 58.5. The lowest BCUT2D eigenvalue weighted by molar-refractivity contribution is -0.145. The fourth-order valence-corrected chi connectivity index (χ4v) is 1.70. The maximum Gasteiger partial charge on any atom is 0.337 e. The average molecular weight is 352 g/mol. The van der Waals surface area contributed by atoms with Crippen LogP contribution in [0.4, 0.5) is 5.82 Å². The molecule has 2 rings (SSSR count).